The Hall–Kier alpha value is -1.85. The van der Waals surface area contributed by atoms with Crippen molar-refractivity contribution in [2.45, 2.75) is 72.4 Å². The standard InChI is InChI=1S/C21H33NO4/c1-9-10-14-22(19(23)24-26-25-20(4,5)6)21(7,8)18-13-11-12-17(15-18)16(2)3/h11-13,15H,2,9-10,14H2,1,3-8H3. The molecule has 0 aliphatic heterocycles. The Labute approximate surface area is 157 Å². The van der Waals surface area contributed by atoms with Crippen molar-refractivity contribution in [3.8, 4) is 0 Å². The number of rotatable bonds is 8. The summed E-state index contributed by atoms with van der Waals surface area (Å²) >= 11 is 0. The zero-order valence-electron chi connectivity index (χ0n) is 17.2. The molecule has 0 heterocycles. The average molecular weight is 363 g/mol. The van der Waals surface area contributed by atoms with Gasteiger partial charge in [-0.3, -0.25) is 4.90 Å². The van der Waals surface area contributed by atoms with E-state index in [0.29, 0.717) is 6.54 Å². The van der Waals surface area contributed by atoms with Gasteiger partial charge >= 0.3 is 6.09 Å². The van der Waals surface area contributed by atoms with Gasteiger partial charge in [-0.15, -0.1) is 0 Å². The van der Waals surface area contributed by atoms with Gasteiger partial charge in [0, 0.05) is 6.54 Å². The molecule has 0 atom stereocenters. The first-order valence-electron chi connectivity index (χ1n) is 9.09. The van der Waals surface area contributed by atoms with Gasteiger partial charge in [-0.25, -0.2) is 9.68 Å². The lowest BCUT2D eigenvalue weighted by atomic mass is 9.90. The van der Waals surface area contributed by atoms with Crippen LogP contribution < -0.4 is 0 Å². The number of allylic oxidation sites excluding steroid dienone is 1. The van der Waals surface area contributed by atoms with Crippen LogP contribution in [0.2, 0.25) is 0 Å². The molecule has 1 rings (SSSR count). The predicted molar refractivity (Wildman–Crippen MR) is 104 cm³/mol. The molecule has 0 aliphatic rings. The second kappa shape index (κ2) is 9.19. The Kier molecular flexibility index (Phi) is 7.85. The Balaban J connectivity index is 3.03. The molecule has 1 aromatic rings. The van der Waals surface area contributed by atoms with E-state index in [1.165, 1.54) is 0 Å². The second-order valence-corrected chi connectivity index (χ2v) is 8.04. The summed E-state index contributed by atoms with van der Waals surface area (Å²) in [5, 5.41) is 4.71. The third kappa shape index (κ3) is 6.46. The molecule has 1 aromatic carbocycles. The van der Waals surface area contributed by atoms with E-state index in [4.69, 9.17) is 14.8 Å². The van der Waals surface area contributed by atoms with Crippen LogP contribution in [-0.2, 0) is 20.4 Å². The van der Waals surface area contributed by atoms with E-state index in [0.717, 1.165) is 29.5 Å². The number of amides is 1. The first kappa shape index (κ1) is 22.2. The molecule has 146 valence electrons. The molecular weight excluding hydrogens is 330 g/mol. The van der Waals surface area contributed by atoms with E-state index < -0.39 is 17.2 Å². The molecule has 5 nitrogen and oxygen atoms in total. The van der Waals surface area contributed by atoms with Crippen molar-refractivity contribution in [3.63, 3.8) is 0 Å². The lowest BCUT2D eigenvalue weighted by Crippen LogP contribution is -2.46. The molecule has 0 bridgehead atoms. The summed E-state index contributed by atoms with van der Waals surface area (Å²) in [7, 11) is 0. The van der Waals surface area contributed by atoms with Gasteiger partial charge < -0.3 is 0 Å². The Bertz CT molecular complexity index is 617. The van der Waals surface area contributed by atoms with E-state index in [-0.39, 0.29) is 0 Å². The number of carbonyl (C=O) groups excluding carboxylic acids is 1. The van der Waals surface area contributed by atoms with E-state index in [1.54, 1.807) is 4.90 Å². The monoisotopic (exact) mass is 363 g/mol. The maximum Gasteiger partial charge on any atom is 0.445 e. The lowest BCUT2D eigenvalue weighted by molar-refractivity contribution is -0.512. The largest absolute Gasteiger partial charge is 0.445 e. The fourth-order valence-electron chi connectivity index (χ4n) is 2.43. The van der Waals surface area contributed by atoms with Gasteiger partial charge in [0.25, 0.3) is 0 Å². The van der Waals surface area contributed by atoms with Crippen molar-refractivity contribution < 1.29 is 19.6 Å². The van der Waals surface area contributed by atoms with Crippen LogP contribution in [0.5, 0.6) is 0 Å². The smallest absolute Gasteiger partial charge is 0.297 e. The van der Waals surface area contributed by atoms with Crippen LogP contribution in [0.3, 0.4) is 0 Å². The van der Waals surface area contributed by atoms with Gasteiger partial charge in [-0.2, -0.15) is 4.89 Å². The summed E-state index contributed by atoms with van der Waals surface area (Å²) in [6.45, 7) is 18.0. The van der Waals surface area contributed by atoms with Crippen molar-refractivity contribution in [2.24, 2.45) is 0 Å². The lowest BCUT2D eigenvalue weighted by Gasteiger charge is -2.38. The normalized spacial score (nSPS) is 12.0. The maximum atomic E-state index is 12.7. The molecule has 0 saturated carbocycles. The van der Waals surface area contributed by atoms with Gasteiger partial charge in [-0.1, -0.05) is 43.7 Å². The first-order chi connectivity index (χ1) is 12.0. The van der Waals surface area contributed by atoms with Gasteiger partial charge in [0.05, 0.1) is 11.1 Å². The first-order valence-corrected chi connectivity index (χ1v) is 9.09. The van der Waals surface area contributed by atoms with Crippen molar-refractivity contribution in [2.75, 3.05) is 6.54 Å². The summed E-state index contributed by atoms with van der Waals surface area (Å²) in [6, 6.07) is 8.05. The molecule has 0 spiro atoms. The summed E-state index contributed by atoms with van der Waals surface area (Å²) in [5.74, 6) is 0. The summed E-state index contributed by atoms with van der Waals surface area (Å²) in [6.07, 6.45) is 1.25. The second-order valence-electron chi connectivity index (χ2n) is 8.04. The summed E-state index contributed by atoms with van der Waals surface area (Å²) < 4.78 is 0. The molecule has 0 fully saturated rings. The molecule has 0 unspecified atom stereocenters. The highest BCUT2D eigenvalue weighted by atomic mass is 17.5. The molecular formula is C21H33NO4. The minimum atomic E-state index is -0.581. The number of hydrogen-bond acceptors (Lipinski definition) is 4. The van der Waals surface area contributed by atoms with Crippen LogP contribution in [0.25, 0.3) is 5.57 Å². The Morgan fingerprint density at radius 2 is 1.85 bits per heavy atom. The third-order valence-corrected chi connectivity index (χ3v) is 4.08. The predicted octanol–water partition coefficient (Wildman–Crippen LogP) is 5.86. The van der Waals surface area contributed by atoms with Crippen LogP contribution in [0.15, 0.2) is 30.8 Å². The Morgan fingerprint density at radius 3 is 2.38 bits per heavy atom. The van der Waals surface area contributed by atoms with Gasteiger partial charge in [0.2, 0.25) is 0 Å². The van der Waals surface area contributed by atoms with Crippen LogP contribution in [-0.4, -0.2) is 23.1 Å². The molecule has 0 N–H and O–H groups in total. The van der Waals surface area contributed by atoms with E-state index in [9.17, 15) is 4.79 Å². The van der Waals surface area contributed by atoms with Gasteiger partial charge in [-0.05, 0) is 70.2 Å². The van der Waals surface area contributed by atoms with Crippen LogP contribution in [0.1, 0.15) is 72.4 Å². The van der Waals surface area contributed by atoms with E-state index in [1.807, 2.05) is 59.7 Å². The highest BCUT2D eigenvalue weighted by Gasteiger charge is 2.34. The number of benzene rings is 1. The molecule has 1 amide bonds. The van der Waals surface area contributed by atoms with E-state index in [2.05, 4.69) is 19.6 Å². The molecule has 0 radical (unpaired) electrons. The molecule has 5 heteroatoms. The number of nitrogens with zero attached hydrogens (tertiary/aromatic N) is 1. The topological polar surface area (TPSA) is 48.0 Å². The SMILES string of the molecule is C=C(C)c1cccc(C(C)(C)N(CCCC)C(=O)OOOC(C)(C)C)c1. The molecule has 0 aliphatic carbocycles. The quantitative estimate of drug-likeness (QED) is 0.429. The Morgan fingerprint density at radius 1 is 1.19 bits per heavy atom. The molecule has 26 heavy (non-hydrogen) atoms. The van der Waals surface area contributed by atoms with Crippen molar-refractivity contribution in [1.29, 1.82) is 0 Å². The van der Waals surface area contributed by atoms with Crippen molar-refractivity contribution in [1.82, 2.24) is 4.90 Å². The van der Waals surface area contributed by atoms with Gasteiger partial charge in [0.15, 0.2) is 0 Å². The minimum Gasteiger partial charge on any atom is -0.297 e. The maximum absolute atomic E-state index is 12.7. The number of carbonyl (C=O) groups is 1. The minimum absolute atomic E-state index is 0.554. The van der Waals surface area contributed by atoms with E-state index >= 15 is 0 Å². The number of unbranched alkanes of at least 4 members (excludes halogenated alkanes) is 1. The van der Waals surface area contributed by atoms with Crippen molar-refractivity contribution >= 4 is 11.7 Å². The van der Waals surface area contributed by atoms with Crippen LogP contribution in [0.4, 0.5) is 4.79 Å². The zero-order valence-corrected chi connectivity index (χ0v) is 17.2. The highest BCUT2D eigenvalue weighted by Crippen LogP contribution is 2.31. The fourth-order valence-corrected chi connectivity index (χ4v) is 2.43. The average Bonchev–Trinajstić information content (AvgIpc) is 2.54. The van der Waals surface area contributed by atoms with Crippen LogP contribution >= 0.6 is 0 Å². The zero-order chi connectivity index (χ0) is 20.0. The van der Waals surface area contributed by atoms with Gasteiger partial charge in [0.1, 0.15) is 0 Å². The molecule has 0 aromatic heterocycles. The number of hydrogen-bond donors (Lipinski definition) is 0. The summed E-state index contributed by atoms with van der Waals surface area (Å²) in [4.78, 5) is 24.3. The highest BCUT2D eigenvalue weighted by molar-refractivity contribution is 5.69. The third-order valence-electron chi connectivity index (χ3n) is 4.08. The fraction of sp³-hybridized carbons (Fsp3) is 0.571. The van der Waals surface area contributed by atoms with Crippen LogP contribution in [0, 0.1) is 0 Å². The summed E-state index contributed by atoms with van der Waals surface area (Å²) in [5.41, 5.74) is 1.88. The van der Waals surface area contributed by atoms with Crippen molar-refractivity contribution in [3.05, 3.63) is 42.0 Å². The molecule has 0 saturated heterocycles.